The lowest BCUT2D eigenvalue weighted by Crippen LogP contribution is -2.39. The van der Waals surface area contributed by atoms with Crippen molar-refractivity contribution in [3.8, 4) is 11.5 Å². The lowest BCUT2D eigenvalue weighted by atomic mass is 9.86. The zero-order valence-corrected chi connectivity index (χ0v) is 18.0. The minimum Gasteiger partial charge on any atom is -0.508 e. The second kappa shape index (κ2) is 10.4. The predicted molar refractivity (Wildman–Crippen MR) is 113 cm³/mol. The molecule has 1 N–H and O–H groups in total. The van der Waals surface area contributed by atoms with Gasteiger partial charge in [-0.1, -0.05) is 26.2 Å². The standard InChI is InChI=1S/C24H36O5/c1-3-10-18-20(25)13-12-19-21(26)17-24(2,29-23(18)19)14-7-4-5-8-15-27-22-11-6-9-16-28-22/h12-13,22,25H,3-11,14-17H2,1-2H3. The zero-order chi connectivity index (χ0) is 20.7. The molecule has 0 radical (unpaired) electrons. The lowest BCUT2D eigenvalue weighted by molar-refractivity contribution is -0.162. The van der Waals surface area contributed by atoms with Crippen LogP contribution >= 0.6 is 0 Å². The van der Waals surface area contributed by atoms with Crippen LogP contribution in [0.3, 0.4) is 0 Å². The number of hydrogen-bond acceptors (Lipinski definition) is 5. The first-order valence-electron chi connectivity index (χ1n) is 11.3. The van der Waals surface area contributed by atoms with E-state index >= 15 is 0 Å². The van der Waals surface area contributed by atoms with E-state index < -0.39 is 5.60 Å². The summed E-state index contributed by atoms with van der Waals surface area (Å²) in [5.74, 6) is 0.947. The molecule has 2 heterocycles. The molecule has 2 atom stereocenters. The van der Waals surface area contributed by atoms with Gasteiger partial charge >= 0.3 is 0 Å². The first-order chi connectivity index (χ1) is 14.0. The third-order valence-electron chi connectivity index (χ3n) is 5.96. The summed E-state index contributed by atoms with van der Waals surface area (Å²) >= 11 is 0. The minimum atomic E-state index is -0.493. The number of aromatic hydroxyl groups is 1. The second-order valence-corrected chi connectivity index (χ2v) is 8.67. The Bertz CT molecular complexity index is 680. The molecular formula is C24H36O5. The van der Waals surface area contributed by atoms with Crippen molar-refractivity contribution in [1.82, 2.24) is 0 Å². The number of ketones is 1. The highest BCUT2D eigenvalue weighted by Crippen LogP contribution is 2.42. The fourth-order valence-electron chi connectivity index (χ4n) is 4.31. The molecule has 0 bridgehead atoms. The maximum absolute atomic E-state index is 12.7. The summed E-state index contributed by atoms with van der Waals surface area (Å²) in [6, 6.07) is 3.32. The number of benzene rings is 1. The monoisotopic (exact) mass is 404 g/mol. The summed E-state index contributed by atoms with van der Waals surface area (Å²) in [6.45, 7) is 5.66. The summed E-state index contributed by atoms with van der Waals surface area (Å²) < 4.78 is 17.7. The first kappa shape index (κ1) is 22.1. The third-order valence-corrected chi connectivity index (χ3v) is 5.96. The number of carbonyl (C=O) groups is 1. The average molecular weight is 405 g/mol. The highest BCUT2D eigenvalue weighted by Gasteiger charge is 2.37. The number of hydrogen-bond donors (Lipinski definition) is 1. The van der Waals surface area contributed by atoms with Crippen molar-refractivity contribution < 1.29 is 24.1 Å². The van der Waals surface area contributed by atoms with Gasteiger partial charge in [0.05, 0.1) is 12.0 Å². The molecule has 5 nitrogen and oxygen atoms in total. The van der Waals surface area contributed by atoms with Gasteiger partial charge < -0.3 is 19.3 Å². The van der Waals surface area contributed by atoms with Gasteiger partial charge in [-0.2, -0.15) is 0 Å². The molecule has 1 saturated heterocycles. The summed E-state index contributed by atoms with van der Waals surface area (Å²) in [7, 11) is 0. The van der Waals surface area contributed by atoms with Crippen molar-refractivity contribution in [2.45, 2.75) is 96.4 Å². The molecule has 2 unspecified atom stereocenters. The van der Waals surface area contributed by atoms with Crippen molar-refractivity contribution in [2.75, 3.05) is 13.2 Å². The van der Waals surface area contributed by atoms with Crippen LogP contribution in [0, 0.1) is 0 Å². The van der Waals surface area contributed by atoms with Crippen LogP contribution in [0.15, 0.2) is 12.1 Å². The molecule has 5 heteroatoms. The van der Waals surface area contributed by atoms with E-state index in [4.69, 9.17) is 14.2 Å². The summed E-state index contributed by atoms with van der Waals surface area (Å²) in [5.41, 5.74) is 0.893. The number of phenols is 1. The van der Waals surface area contributed by atoms with Crippen LogP contribution in [0.25, 0.3) is 0 Å². The van der Waals surface area contributed by atoms with Gasteiger partial charge in [0.1, 0.15) is 17.1 Å². The van der Waals surface area contributed by atoms with Crippen molar-refractivity contribution in [2.24, 2.45) is 0 Å². The Morgan fingerprint density at radius 2 is 2.03 bits per heavy atom. The summed E-state index contributed by atoms with van der Waals surface area (Å²) in [6.07, 6.45) is 10.5. The molecule has 0 amide bonds. The molecular weight excluding hydrogens is 368 g/mol. The maximum Gasteiger partial charge on any atom is 0.170 e. The topological polar surface area (TPSA) is 65.0 Å². The van der Waals surface area contributed by atoms with E-state index in [2.05, 4.69) is 6.92 Å². The number of unbranched alkanes of at least 4 members (excludes halogenated alkanes) is 3. The molecule has 0 aliphatic carbocycles. The van der Waals surface area contributed by atoms with Crippen LogP contribution in [0.1, 0.15) is 94.0 Å². The van der Waals surface area contributed by atoms with Crippen LogP contribution in [-0.4, -0.2) is 36.0 Å². The van der Waals surface area contributed by atoms with E-state index in [9.17, 15) is 9.90 Å². The fourth-order valence-corrected chi connectivity index (χ4v) is 4.31. The average Bonchev–Trinajstić information content (AvgIpc) is 2.70. The lowest BCUT2D eigenvalue weighted by Gasteiger charge is -2.36. The molecule has 0 saturated carbocycles. The SMILES string of the molecule is CCCc1c(O)ccc2c1OC(C)(CCCCCCOC1CCCCO1)CC2=O. The normalized spacial score (nSPS) is 24.2. The highest BCUT2D eigenvalue weighted by atomic mass is 16.7. The summed E-state index contributed by atoms with van der Waals surface area (Å²) in [5, 5.41) is 10.2. The quantitative estimate of drug-likeness (QED) is 0.517. The Morgan fingerprint density at radius 1 is 1.21 bits per heavy atom. The van der Waals surface area contributed by atoms with E-state index in [1.807, 2.05) is 6.92 Å². The molecule has 3 rings (SSSR count). The largest absolute Gasteiger partial charge is 0.508 e. The molecule has 0 spiro atoms. The van der Waals surface area contributed by atoms with Crippen LogP contribution < -0.4 is 4.74 Å². The van der Waals surface area contributed by atoms with Gasteiger partial charge in [-0.25, -0.2) is 0 Å². The number of fused-ring (bicyclic) bond motifs is 1. The predicted octanol–water partition coefficient (Wildman–Crippen LogP) is 5.56. The Kier molecular flexibility index (Phi) is 7.96. The number of phenolic OH excluding ortho intramolecular Hbond substituents is 1. The van der Waals surface area contributed by atoms with Crippen LogP contribution in [0.4, 0.5) is 0 Å². The molecule has 1 fully saturated rings. The van der Waals surface area contributed by atoms with Gasteiger partial charge in [-0.05, 0) is 64.0 Å². The molecule has 29 heavy (non-hydrogen) atoms. The molecule has 1 aromatic rings. The van der Waals surface area contributed by atoms with E-state index in [-0.39, 0.29) is 17.8 Å². The number of ether oxygens (including phenoxy) is 3. The highest BCUT2D eigenvalue weighted by molar-refractivity contribution is 6.01. The number of Topliss-reactive ketones (excluding diaryl/α,β-unsaturated/α-hetero) is 1. The minimum absolute atomic E-state index is 0.00175. The van der Waals surface area contributed by atoms with E-state index in [0.717, 1.165) is 70.1 Å². The Hall–Kier alpha value is -1.59. The van der Waals surface area contributed by atoms with E-state index in [1.165, 1.54) is 6.42 Å². The van der Waals surface area contributed by atoms with Gasteiger partial charge in [0.15, 0.2) is 12.1 Å². The van der Waals surface area contributed by atoms with Crippen molar-refractivity contribution >= 4 is 5.78 Å². The molecule has 162 valence electrons. The molecule has 1 aromatic carbocycles. The van der Waals surface area contributed by atoms with Crippen LogP contribution in [0.2, 0.25) is 0 Å². The van der Waals surface area contributed by atoms with Gasteiger partial charge in [-0.3, -0.25) is 4.79 Å². The van der Waals surface area contributed by atoms with Gasteiger partial charge in [-0.15, -0.1) is 0 Å². The Morgan fingerprint density at radius 3 is 2.79 bits per heavy atom. The molecule has 0 aromatic heterocycles. The van der Waals surface area contributed by atoms with Crippen LogP contribution in [-0.2, 0) is 15.9 Å². The zero-order valence-electron chi connectivity index (χ0n) is 18.0. The summed E-state index contributed by atoms with van der Waals surface area (Å²) in [4.78, 5) is 12.7. The van der Waals surface area contributed by atoms with Gasteiger partial charge in [0.2, 0.25) is 0 Å². The second-order valence-electron chi connectivity index (χ2n) is 8.67. The number of rotatable bonds is 10. The van der Waals surface area contributed by atoms with Gasteiger partial charge in [0.25, 0.3) is 0 Å². The third kappa shape index (κ3) is 5.95. The van der Waals surface area contributed by atoms with E-state index in [0.29, 0.717) is 24.2 Å². The molecule has 2 aliphatic heterocycles. The van der Waals surface area contributed by atoms with Crippen molar-refractivity contribution in [1.29, 1.82) is 0 Å². The van der Waals surface area contributed by atoms with Crippen LogP contribution in [0.5, 0.6) is 11.5 Å². The van der Waals surface area contributed by atoms with Crippen molar-refractivity contribution in [3.63, 3.8) is 0 Å². The van der Waals surface area contributed by atoms with Crippen molar-refractivity contribution in [3.05, 3.63) is 23.3 Å². The smallest absolute Gasteiger partial charge is 0.170 e. The fraction of sp³-hybridized carbons (Fsp3) is 0.708. The Balaban J connectivity index is 1.44. The molecule has 2 aliphatic rings. The number of carbonyl (C=O) groups excluding carboxylic acids is 1. The maximum atomic E-state index is 12.7. The first-order valence-corrected chi connectivity index (χ1v) is 11.3. The van der Waals surface area contributed by atoms with E-state index in [1.54, 1.807) is 12.1 Å². The Labute approximate surface area is 174 Å². The van der Waals surface area contributed by atoms with Gasteiger partial charge in [0, 0.05) is 18.8 Å².